The molecular weight excluding hydrogens is 970 g/mol. The molecule has 9 rings (SSSR count). The molecule has 13 nitrogen and oxygen atoms in total. The van der Waals surface area contributed by atoms with E-state index in [0.29, 0.717) is 27.8 Å². The maximum absolute atomic E-state index is 14.7. The van der Waals surface area contributed by atoms with E-state index in [1.165, 1.54) is 34.9 Å². The summed E-state index contributed by atoms with van der Waals surface area (Å²) in [5, 5.41) is 12.3. The fourth-order valence-electron chi connectivity index (χ4n) is 8.48. The number of halogens is 1. The number of fused-ring (bicyclic) bond motifs is 1. The van der Waals surface area contributed by atoms with Gasteiger partial charge in [0.15, 0.2) is 16.9 Å². The largest absolute Gasteiger partial charge is 0.497 e. The summed E-state index contributed by atoms with van der Waals surface area (Å²) >= 11 is 8.91. The molecule has 1 fully saturated rings. The van der Waals surface area contributed by atoms with Crippen molar-refractivity contribution in [3.8, 4) is 5.75 Å². The Morgan fingerprint density at radius 2 is 1.33 bits per heavy atom. The van der Waals surface area contributed by atoms with E-state index in [0.717, 1.165) is 27.8 Å². The van der Waals surface area contributed by atoms with Crippen LogP contribution in [0.15, 0.2) is 198 Å². The monoisotopic (exact) mass is 1020 g/mol. The van der Waals surface area contributed by atoms with Crippen molar-refractivity contribution in [2.75, 3.05) is 24.1 Å². The number of hydrogen-bond donors (Lipinski definition) is 2. The lowest BCUT2D eigenvalue weighted by Gasteiger charge is -2.49. The maximum atomic E-state index is 14.7. The van der Waals surface area contributed by atoms with Gasteiger partial charge >= 0.3 is 11.9 Å². The summed E-state index contributed by atoms with van der Waals surface area (Å²) in [5.41, 5.74) is 4.39. The number of nitrogens with one attached hydrogen (secondary N) is 2. The van der Waals surface area contributed by atoms with E-state index in [2.05, 4.69) is 15.8 Å². The smallest absolute Gasteiger partial charge is 0.355 e. The number of aromatic nitrogens is 1. The SMILES string of the molecule is COc1ccc(COC(=O)C2=C(CCl)CS[C@@H]3C(NC(=O)C(=NOC(C)C(=O)OC(c4ccccc4)c4ccccc4)c4csc(NC(c5ccccc5)(c5ccccc5)c5ccccc5)n4)C(=O)N23)cc1. The van der Waals surface area contributed by atoms with Crippen LogP contribution in [0.1, 0.15) is 52.1 Å². The highest BCUT2D eigenvalue weighted by molar-refractivity contribution is 8.00. The Kier molecular flexibility index (Phi) is 15.4. The van der Waals surface area contributed by atoms with E-state index < -0.39 is 52.9 Å². The summed E-state index contributed by atoms with van der Waals surface area (Å²) in [6, 6.07) is 54.5. The predicted molar refractivity (Wildman–Crippen MR) is 278 cm³/mol. The normalized spacial score (nSPS) is 16.0. The Labute approximate surface area is 429 Å². The number of anilines is 1. The number of thioether (sulfide) groups is 1. The minimum absolute atomic E-state index is 0.0139. The zero-order valence-electron chi connectivity index (χ0n) is 39.1. The van der Waals surface area contributed by atoms with Gasteiger partial charge in [0.25, 0.3) is 11.8 Å². The number of oxime groups is 1. The molecule has 2 amide bonds. The summed E-state index contributed by atoms with van der Waals surface area (Å²) in [5.74, 6) is -1.88. The number of thiazole rings is 1. The molecule has 0 radical (unpaired) electrons. The summed E-state index contributed by atoms with van der Waals surface area (Å²) in [4.78, 5) is 68.5. The van der Waals surface area contributed by atoms with Gasteiger partial charge in [-0.2, -0.15) is 0 Å². The number of carbonyl (C=O) groups is 4. The number of benzene rings is 6. The highest BCUT2D eigenvalue weighted by atomic mass is 35.5. The Hall–Kier alpha value is -7.72. The van der Waals surface area contributed by atoms with Crippen molar-refractivity contribution >= 4 is 69.3 Å². The molecule has 2 aliphatic heterocycles. The molecular formula is C56H48ClN5O8S2. The Morgan fingerprint density at radius 1 is 0.792 bits per heavy atom. The average Bonchev–Trinajstić information content (AvgIpc) is 3.90. The van der Waals surface area contributed by atoms with E-state index in [-0.39, 0.29) is 29.6 Å². The van der Waals surface area contributed by atoms with Gasteiger partial charge in [-0.3, -0.25) is 14.5 Å². The Morgan fingerprint density at radius 3 is 1.86 bits per heavy atom. The van der Waals surface area contributed by atoms with Gasteiger partial charge in [-0.25, -0.2) is 14.6 Å². The number of hydrogen-bond acceptors (Lipinski definition) is 13. The van der Waals surface area contributed by atoms with Crippen LogP contribution in [-0.4, -0.2) is 75.6 Å². The van der Waals surface area contributed by atoms with Gasteiger partial charge < -0.3 is 29.7 Å². The van der Waals surface area contributed by atoms with Crippen molar-refractivity contribution < 1.29 is 38.2 Å². The van der Waals surface area contributed by atoms with E-state index in [1.807, 2.05) is 152 Å². The fraction of sp³-hybridized carbons (Fsp3) is 0.179. The van der Waals surface area contributed by atoms with Crippen LogP contribution in [0, 0.1) is 0 Å². The van der Waals surface area contributed by atoms with Gasteiger partial charge in [-0.1, -0.05) is 169 Å². The third-order valence-corrected chi connectivity index (χ3v) is 14.6. The summed E-state index contributed by atoms with van der Waals surface area (Å²) in [6.45, 7) is 1.42. The molecule has 0 saturated carbocycles. The second-order valence-electron chi connectivity index (χ2n) is 16.7. The molecule has 3 atom stereocenters. The van der Waals surface area contributed by atoms with Gasteiger partial charge in [0.1, 0.15) is 40.7 Å². The molecule has 16 heteroatoms. The minimum atomic E-state index is -1.30. The second kappa shape index (κ2) is 22.6. The van der Waals surface area contributed by atoms with Crippen LogP contribution in [-0.2, 0) is 45.6 Å². The van der Waals surface area contributed by atoms with Gasteiger partial charge in [0, 0.05) is 17.0 Å². The zero-order chi connectivity index (χ0) is 50.0. The number of alkyl halides is 1. The maximum Gasteiger partial charge on any atom is 0.355 e. The van der Waals surface area contributed by atoms with Crippen molar-refractivity contribution in [1.82, 2.24) is 15.2 Å². The highest BCUT2D eigenvalue weighted by Gasteiger charge is 2.55. The van der Waals surface area contributed by atoms with Crippen molar-refractivity contribution in [3.63, 3.8) is 0 Å². The second-order valence-corrected chi connectivity index (χ2v) is 18.9. The molecule has 0 aliphatic carbocycles. The van der Waals surface area contributed by atoms with E-state index >= 15 is 0 Å². The number of nitrogens with zero attached hydrogens (tertiary/aromatic N) is 3. The number of rotatable bonds is 19. The Balaban J connectivity index is 1.01. The number of carbonyl (C=O) groups excluding carboxylic acids is 4. The van der Waals surface area contributed by atoms with Crippen LogP contribution in [0.3, 0.4) is 0 Å². The first kappa shape index (κ1) is 49.3. The van der Waals surface area contributed by atoms with E-state index in [9.17, 15) is 19.2 Å². The van der Waals surface area contributed by atoms with Crippen molar-refractivity contribution in [3.05, 3.63) is 232 Å². The van der Waals surface area contributed by atoms with Gasteiger partial charge in [-0.15, -0.1) is 34.7 Å². The van der Waals surface area contributed by atoms with E-state index in [1.54, 1.807) is 36.8 Å². The molecule has 1 saturated heterocycles. The minimum Gasteiger partial charge on any atom is -0.497 e. The van der Waals surface area contributed by atoms with Crippen molar-refractivity contribution in [1.29, 1.82) is 0 Å². The lowest BCUT2D eigenvalue weighted by molar-refractivity contribution is -0.160. The molecule has 6 aromatic carbocycles. The number of amides is 2. The van der Waals surface area contributed by atoms with Crippen molar-refractivity contribution in [2.24, 2.45) is 5.16 Å². The van der Waals surface area contributed by atoms with Crippen LogP contribution >= 0.6 is 34.7 Å². The van der Waals surface area contributed by atoms with E-state index in [4.69, 9.17) is 35.6 Å². The quantitative estimate of drug-likeness (QED) is 0.0199. The molecule has 7 aromatic rings. The summed E-state index contributed by atoms with van der Waals surface area (Å²) < 4.78 is 17.0. The standard InChI is InChI=1S/C56H48ClN5O8S2/c1-36(53(65)69-49(38-18-8-3-9-19-38)39-20-10-4-11-21-39)70-61-46(45-35-72-55(58-45)60-56(41-22-12-5-13-23-41,42-24-14-6-15-25-42)43-26-16-7-17-27-43)50(63)59-47-51(64)62-48(40(32-57)34-71-52(47)62)54(66)68-33-37-28-30-44(67-2)31-29-37/h3-31,35-36,47,49,52H,32-34H2,1-2H3,(H,58,60)(H,59,63)/t36?,47?,52-/m1/s1. The van der Waals surface area contributed by atoms with Crippen LogP contribution < -0.4 is 15.4 Å². The summed E-state index contributed by atoms with van der Waals surface area (Å²) in [6.07, 6.45) is -2.07. The first-order valence-electron chi connectivity index (χ1n) is 23.0. The number of β-lactam (4-membered cyclic amide) rings is 1. The van der Waals surface area contributed by atoms with Gasteiger partial charge in [-0.05, 0) is 58.0 Å². The number of ether oxygens (including phenoxy) is 3. The van der Waals surface area contributed by atoms with Gasteiger partial charge in [0.2, 0.25) is 6.10 Å². The molecule has 0 spiro atoms. The van der Waals surface area contributed by atoms with Crippen LogP contribution in [0.5, 0.6) is 5.75 Å². The molecule has 2 aliphatic rings. The van der Waals surface area contributed by atoms with Gasteiger partial charge in [0.05, 0.1) is 7.11 Å². The van der Waals surface area contributed by atoms with Crippen LogP contribution in [0.2, 0.25) is 0 Å². The molecule has 72 heavy (non-hydrogen) atoms. The molecule has 1 aromatic heterocycles. The van der Waals surface area contributed by atoms with Crippen molar-refractivity contribution in [2.45, 2.75) is 42.7 Å². The molecule has 2 unspecified atom stereocenters. The predicted octanol–water partition coefficient (Wildman–Crippen LogP) is 9.63. The third-order valence-electron chi connectivity index (χ3n) is 12.2. The number of methoxy groups -OCH3 is 1. The Bertz CT molecular complexity index is 2940. The third kappa shape index (κ3) is 10.5. The first-order valence-corrected chi connectivity index (χ1v) is 25.4. The molecule has 364 valence electrons. The van der Waals surface area contributed by atoms with Crippen LogP contribution in [0.4, 0.5) is 5.13 Å². The van der Waals surface area contributed by atoms with Crippen LogP contribution in [0.25, 0.3) is 0 Å². The lowest BCUT2D eigenvalue weighted by atomic mass is 9.77. The molecule has 0 bridgehead atoms. The average molecular weight is 1020 g/mol. The summed E-state index contributed by atoms with van der Waals surface area (Å²) in [7, 11) is 1.56. The molecule has 3 heterocycles. The molecule has 2 N–H and O–H groups in total. The highest BCUT2D eigenvalue weighted by Crippen LogP contribution is 2.43. The fourth-order valence-corrected chi connectivity index (χ4v) is 10.9. The lowest BCUT2D eigenvalue weighted by Crippen LogP contribution is -2.71. The topological polar surface area (TPSA) is 158 Å². The first-order chi connectivity index (χ1) is 35.2. The zero-order valence-corrected chi connectivity index (χ0v) is 41.4. The number of esters is 2.